The van der Waals surface area contributed by atoms with Gasteiger partial charge in [0.2, 0.25) is 0 Å². The lowest BCUT2D eigenvalue weighted by molar-refractivity contribution is -0.138. The molecule has 8 heteroatoms. The Morgan fingerprint density at radius 2 is 1.83 bits per heavy atom. The predicted octanol–water partition coefficient (Wildman–Crippen LogP) is 2.85. The molecule has 0 aliphatic carbocycles. The van der Waals surface area contributed by atoms with Crippen LogP contribution in [0.15, 0.2) is 57.5 Å². The molecular formula is C22H15N3O5. The van der Waals surface area contributed by atoms with E-state index in [0.717, 1.165) is 4.90 Å². The van der Waals surface area contributed by atoms with Crippen LogP contribution in [0.1, 0.15) is 23.0 Å². The van der Waals surface area contributed by atoms with Gasteiger partial charge in [0, 0.05) is 18.2 Å². The standard InChI is InChI=1S/C22H15N3O5/c1-13-17(20(26)25(2)21(27)18(13)12-24)11-16-7-8-19(30-16)14-3-5-15(6-4-14)22(28)29-10-9-23/h3-8,11H,10H2,1-2H3/b17-11+. The van der Waals surface area contributed by atoms with Gasteiger partial charge in [0.1, 0.15) is 29.2 Å². The van der Waals surface area contributed by atoms with Gasteiger partial charge in [-0.15, -0.1) is 0 Å². The number of hydrogen-bond acceptors (Lipinski definition) is 7. The van der Waals surface area contributed by atoms with Crippen molar-refractivity contribution in [3.8, 4) is 23.5 Å². The minimum atomic E-state index is -0.634. The number of carbonyl (C=O) groups is 3. The summed E-state index contributed by atoms with van der Waals surface area (Å²) in [4.78, 5) is 37.1. The fourth-order valence-electron chi connectivity index (χ4n) is 2.88. The number of likely N-dealkylation sites (N-methyl/N-ethyl adjacent to an activating group) is 1. The first-order valence-electron chi connectivity index (χ1n) is 8.77. The van der Waals surface area contributed by atoms with E-state index in [1.165, 1.54) is 13.1 Å². The molecule has 0 radical (unpaired) electrons. The Kier molecular flexibility index (Phi) is 5.61. The number of imide groups is 1. The summed E-state index contributed by atoms with van der Waals surface area (Å²) in [7, 11) is 1.32. The van der Waals surface area contributed by atoms with Gasteiger partial charge in [-0.1, -0.05) is 12.1 Å². The Morgan fingerprint density at radius 1 is 1.13 bits per heavy atom. The smallest absolute Gasteiger partial charge is 0.339 e. The molecule has 8 nitrogen and oxygen atoms in total. The van der Waals surface area contributed by atoms with E-state index in [1.807, 2.05) is 6.07 Å². The topological polar surface area (TPSA) is 124 Å². The molecule has 0 unspecified atom stereocenters. The third kappa shape index (κ3) is 3.75. The SMILES string of the molecule is CC1=C(C#N)C(=O)N(C)C(=O)/C1=C/c1ccc(-c2ccc(C(=O)OCC#N)cc2)o1. The van der Waals surface area contributed by atoms with E-state index >= 15 is 0 Å². The minimum absolute atomic E-state index is 0.0889. The molecule has 2 aromatic rings. The first kappa shape index (κ1) is 20.3. The number of benzene rings is 1. The molecule has 0 fully saturated rings. The molecule has 0 atom stereocenters. The van der Waals surface area contributed by atoms with Gasteiger partial charge in [0.05, 0.1) is 5.56 Å². The van der Waals surface area contributed by atoms with Crippen molar-refractivity contribution < 1.29 is 23.5 Å². The van der Waals surface area contributed by atoms with Crippen LogP contribution in [-0.2, 0) is 14.3 Å². The van der Waals surface area contributed by atoms with Crippen LogP contribution in [0, 0.1) is 22.7 Å². The number of amides is 2. The van der Waals surface area contributed by atoms with Gasteiger partial charge in [0.25, 0.3) is 11.8 Å². The van der Waals surface area contributed by atoms with Crippen LogP contribution in [0.3, 0.4) is 0 Å². The van der Waals surface area contributed by atoms with Crippen molar-refractivity contribution in [2.75, 3.05) is 13.7 Å². The molecule has 148 valence electrons. The summed E-state index contributed by atoms with van der Waals surface area (Å²) in [5.74, 6) is -0.891. The lowest BCUT2D eigenvalue weighted by Crippen LogP contribution is -2.39. The van der Waals surface area contributed by atoms with Gasteiger partial charge in [-0.2, -0.15) is 10.5 Å². The van der Waals surface area contributed by atoms with Crippen molar-refractivity contribution in [1.82, 2.24) is 4.90 Å². The summed E-state index contributed by atoms with van der Waals surface area (Å²) in [6, 6.07) is 13.3. The molecule has 0 N–H and O–H groups in total. The van der Waals surface area contributed by atoms with E-state index < -0.39 is 17.8 Å². The minimum Gasteiger partial charge on any atom is -0.457 e. The molecule has 1 aromatic carbocycles. The Hall–Kier alpha value is -4.43. The van der Waals surface area contributed by atoms with Gasteiger partial charge in [-0.3, -0.25) is 14.5 Å². The molecule has 0 saturated carbocycles. The predicted molar refractivity (Wildman–Crippen MR) is 104 cm³/mol. The molecule has 1 aromatic heterocycles. The second kappa shape index (κ2) is 8.29. The molecule has 30 heavy (non-hydrogen) atoms. The molecule has 1 aliphatic heterocycles. The van der Waals surface area contributed by atoms with Gasteiger partial charge in [0.15, 0.2) is 6.61 Å². The number of esters is 1. The van der Waals surface area contributed by atoms with Crippen LogP contribution in [-0.4, -0.2) is 36.3 Å². The lowest BCUT2D eigenvalue weighted by atomic mass is 9.95. The normalized spacial score (nSPS) is 15.2. The maximum absolute atomic E-state index is 12.5. The summed E-state index contributed by atoms with van der Waals surface area (Å²) in [5.41, 5.74) is 1.39. The molecule has 2 heterocycles. The highest BCUT2D eigenvalue weighted by Gasteiger charge is 2.33. The fraction of sp³-hybridized carbons (Fsp3) is 0.136. The quantitative estimate of drug-likeness (QED) is 0.438. The Balaban J connectivity index is 1.88. The third-order valence-electron chi connectivity index (χ3n) is 4.53. The summed E-state index contributed by atoms with van der Waals surface area (Å²) in [6.45, 7) is 1.22. The van der Waals surface area contributed by atoms with Gasteiger partial charge >= 0.3 is 5.97 Å². The van der Waals surface area contributed by atoms with Crippen molar-refractivity contribution in [2.45, 2.75) is 6.92 Å². The first-order chi connectivity index (χ1) is 14.4. The van der Waals surface area contributed by atoms with Crippen molar-refractivity contribution in [3.05, 3.63) is 64.4 Å². The second-order valence-electron chi connectivity index (χ2n) is 6.35. The Bertz CT molecular complexity index is 1190. The number of rotatable bonds is 4. The van der Waals surface area contributed by atoms with E-state index in [1.54, 1.807) is 49.4 Å². The highest BCUT2D eigenvalue weighted by atomic mass is 16.5. The van der Waals surface area contributed by atoms with Crippen molar-refractivity contribution in [2.24, 2.45) is 0 Å². The Morgan fingerprint density at radius 3 is 2.47 bits per heavy atom. The molecule has 2 amide bonds. The average Bonchev–Trinajstić information content (AvgIpc) is 3.23. The number of ether oxygens (including phenoxy) is 1. The molecule has 1 aliphatic rings. The van der Waals surface area contributed by atoms with E-state index in [0.29, 0.717) is 28.2 Å². The number of nitrogens with zero attached hydrogens (tertiary/aromatic N) is 3. The number of furan rings is 1. The van der Waals surface area contributed by atoms with Crippen LogP contribution >= 0.6 is 0 Å². The monoisotopic (exact) mass is 401 g/mol. The maximum atomic E-state index is 12.5. The highest BCUT2D eigenvalue weighted by Crippen LogP contribution is 2.28. The zero-order chi connectivity index (χ0) is 21.8. The first-order valence-corrected chi connectivity index (χ1v) is 8.77. The second-order valence-corrected chi connectivity index (χ2v) is 6.35. The van der Waals surface area contributed by atoms with Crippen molar-refractivity contribution >= 4 is 23.9 Å². The molecular weight excluding hydrogens is 386 g/mol. The van der Waals surface area contributed by atoms with Gasteiger partial charge in [-0.25, -0.2) is 4.79 Å². The maximum Gasteiger partial charge on any atom is 0.339 e. The van der Waals surface area contributed by atoms with Crippen LogP contribution in [0.5, 0.6) is 0 Å². The average molecular weight is 401 g/mol. The molecule has 0 bridgehead atoms. The summed E-state index contributed by atoms with van der Waals surface area (Å²) >= 11 is 0. The summed E-state index contributed by atoms with van der Waals surface area (Å²) in [6.07, 6.45) is 1.48. The number of carbonyl (C=O) groups excluding carboxylic acids is 3. The van der Waals surface area contributed by atoms with Gasteiger partial charge in [-0.05, 0) is 42.8 Å². The molecule has 0 spiro atoms. The van der Waals surface area contributed by atoms with E-state index in [2.05, 4.69) is 0 Å². The van der Waals surface area contributed by atoms with E-state index in [9.17, 15) is 19.6 Å². The van der Waals surface area contributed by atoms with E-state index in [4.69, 9.17) is 14.4 Å². The van der Waals surface area contributed by atoms with Crippen LogP contribution in [0.25, 0.3) is 17.4 Å². The van der Waals surface area contributed by atoms with Crippen molar-refractivity contribution in [3.63, 3.8) is 0 Å². The number of nitriles is 2. The zero-order valence-electron chi connectivity index (χ0n) is 16.1. The third-order valence-corrected chi connectivity index (χ3v) is 4.53. The summed E-state index contributed by atoms with van der Waals surface area (Å²) in [5, 5.41) is 17.7. The zero-order valence-corrected chi connectivity index (χ0v) is 16.1. The highest BCUT2D eigenvalue weighted by molar-refractivity contribution is 6.19. The van der Waals surface area contributed by atoms with Crippen LogP contribution < -0.4 is 0 Å². The number of hydrogen-bond donors (Lipinski definition) is 0. The molecule has 0 saturated heterocycles. The van der Waals surface area contributed by atoms with Crippen LogP contribution in [0.4, 0.5) is 0 Å². The van der Waals surface area contributed by atoms with Gasteiger partial charge < -0.3 is 9.15 Å². The van der Waals surface area contributed by atoms with Crippen LogP contribution in [0.2, 0.25) is 0 Å². The largest absolute Gasteiger partial charge is 0.457 e. The van der Waals surface area contributed by atoms with Crippen molar-refractivity contribution in [1.29, 1.82) is 10.5 Å². The lowest BCUT2D eigenvalue weighted by Gasteiger charge is -2.23. The fourth-order valence-corrected chi connectivity index (χ4v) is 2.88. The van der Waals surface area contributed by atoms with E-state index in [-0.39, 0.29) is 17.8 Å². The summed E-state index contributed by atoms with van der Waals surface area (Å²) < 4.78 is 10.5. The Labute approximate surface area is 171 Å². The molecule has 3 rings (SSSR count).